The highest BCUT2D eigenvalue weighted by atomic mass is 19.1. The molecule has 10 heteroatoms. The molecule has 0 aliphatic heterocycles. The predicted octanol–water partition coefficient (Wildman–Crippen LogP) is 1.24. The minimum atomic E-state index is -0.633. The van der Waals surface area contributed by atoms with Crippen molar-refractivity contribution in [3.05, 3.63) is 64.7 Å². The van der Waals surface area contributed by atoms with Crippen LogP contribution in [0.2, 0.25) is 0 Å². The van der Waals surface area contributed by atoms with Gasteiger partial charge in [0.05, 0.1) is 22.9 Å². The minimum Gasteiger partial charge on any atom is -0.350 e. The summed E-state index contributed by atoms with van der Waals surface area (Å²) >= 11 is 0. The molecule has 0 unspecified atom stereocenters. The number of rotatable bonds is 5. The second-order valence-corrected chi connectivity index (χ2v) is 7.30. The standard InChI is InChI=1S/C21H20BFN6O2/c1-11(2)26-20(30)14-8-13(10-24)7-12(3)18(14)27-21(31)16-9-17(22)28-29(16)19-15(23)5-4-6-25-19/h4-9,11H,22H2,1-3H3,(H,26,30)(H,27,31). The van der Waals surface area contributed by atoms with E-state index in [0.717, 1.165) is 4.68 Å². The van der Waals surface area contributed by atoms with E-state index in [1.165, 1.54) is 30.5 Å². The molecule has 0 aliphatic rings. The Balaban J connectivity index is 2.05. The molecule has 0 fully saturated rings. The van der Waals surface area contributed by atoms with E-state index in [1.54, 1.807) is 34.7 Å². The van der Waals surface area contributed by atoms with Crippen LogP contribution in [0.3, 0.4) is 0 Å². The molecular formula is C21H20BFN6O2. The second kappa shape index (κ2) is 8.79. The molecule has 0 bridgehead atoms. The molecule has 0 saturated carbocycles. The van der Waals surface area contributed by atoms with Crippen LogP contribution in [0.1, 0.15) is 45.8 Å². The summed E-state index contributed by atoms with van der Waals surface area (Å²) in [5, 5.41) is 18.9. The lowest BCUT2D eigenvalue weighted by Crippen LogP contribution is -2.31. The normalized spacial score (nSPS) is 10.6. The van der Waals surface area contributed by atoms with Crippen molar-refractivity contribution in [2.45, 2.75) is 26.8 Å². The summed E-state index contributed by atoms with van der Waals surface area (Å²) < 4.78 is 15.4. The van der Waals surface area contributed by atoms with Crippen LogP contribution in [-0.2, 0) is 0 Å². The number of aryl methyl sites for hydroxylation is 1. The number of aromatic nitrogens is 3. The van der Waals surface area contributed by atoms with E-state index in [2.05, 4.69) is 20.7 Å². The molecule has 0 spiro atoms. The molecule has 3 aromatic rings. The van der Waals surface area contributed by atoms with E-state index in [9.17, 15) is 19.2 Å². The summed E-state index contributed by atoms with van der Waals surface area (Å²) in [6.45, 7) is 5.30. The number of nitrogens with one attached hydrogen (secondary N) is 2. The molecule has 0 radical (unpaired) electrons. The van der Waals surface area contributed by atoms with E-state index in [1.807, 2.05) is 6.07 Å². The van der Waals surface area contributed by atoms with Gasteiger partial charge in [0, 0.05) is 17.8 Å². The fourth-order valence-corrected chi connectivity index (χ4v) is 3.07. The van der Waals surface area contributed by atoms with Crippen LogP contribution < -0.4 is 16.2 Å². The predicted molar refractivity (Wildman–Crippen MR) is 116 cm³/mol. The van der Waals surface area contributed by atoms with Crippen LogP contribution in [0, 0.1) is 24.1 Å². The number of halogens is 1. The first-order valence-corrected chi connectivity index (χ1v) is 9.55. The molecule has 2 heterocycles. The summed E-state index contributed by atoms with van der Waals surface area (Å²) in [5.74, 6) is -1.77. The first kappa shape index (κ1) is 21.7. The Morgan fingerprint density at radius 3 is 2.65 bits per heavy atom. The van der Waals surface area contributed by atoms with Gasteiger partial charge in [-0.3, -0.25) is 9.59 Å². The zero-order valence-electron chi connectivity index (χ0n) is 17.5. The lowest BCUT2D eigenvalue weighted by Gasteiger charge is -2.16. The Bertz CT molecular complexity index is 1220. The minimum absolute atomic E-state index is 0.0501. The SMILES string of the molecule is Bc1cc(C(=O)Nc2c(C)cc(C#N)cc2C(=O)NC(C)C)n(-c2ncccc2F)n1. The van der Waals surface area contributed by atoms with Crippen molar-refractivity contribution in [2.75, 3.05) is 5.32 Å². The van der Waals surface area contributed by atoms with Crippen molar-refractivity contribution in [1.82, 2.24) is 20.1 Å². The third-order valence-corrected chi connectivity index (χ3v) is 4.37. The first-order chi connectivity index (χ1) is 14.7. The Morgan fingerprint density at radius 1 is 1.26 bits per heavy atom. The van der Waals surface area contributed by atoms with Crippen molar-refractivity contribution in [1.29, 1.82) is 5.26 Å². The highest BCUT2D eigenvalue weighted by Crippen LogP contribution is 2.24. The fraction of sp³-hybridized carbons (Fsp3) is 0.190. The molecule has 8 nitrogen and oxygen atoms in total. The molecule has 3 rings (SSSR count). The van der Waals surface area contributed by atoms with Crippen LogP contribution in [0.5, 0.6) is 0 Å². The number of carbonyl (C=O) groups excluding carboxylic acids is 2. The summed E-state index contributed by atoms with van der Waals surface area (Å²) in [6.07, 6.45) is 1.40. The molecular weight excluding hydrogens is 398 g/mol. The number of nitriles is 1. The van der Waals surface area contributed by atoms with Gasteiger partial charge in [0.15, 0.2) is 19.5 Å². The summed E-state index contributed by atoms with van der Waals surface area (Å²) in [4.78, 5) is 29.8. The summed E-state index contributed by atoms with van der Waals surface area (Å²) in [6, 6.07) is 9.02. The van der Waals surface area contributed by atoms with E-state index in [-0.39, 0.29) is 28.8 Å². The Labute approximate surface area is 179 Å². The molecule has 0 atom stereocenters. The molecule has 1 aromatic carbocycles. The summed E-state index contributed by atoms with van der Waals surface area (Å²) in [5.41, 5.74) is 1.78. The number of amides is 2. The second-order valence-electron chi connectivity index (χ2n) is 7.30. The number of anilines is 1. The van der Waals surface area contributed by atoms with Gasteiger partial charge in [0.2, 0.25) is 0 Å². The van der Waals surface area contributed by atoms with Crippen molar-refractivity contribution in [3.8, 4) is 11.9 Å². The van der Waals surface area contributed by atoms with Crippen LogP contribution in [-0.4, -0.2) is 40.5 Å². The van der Waals surface area contributed by atoms with Gasteiger partial charge in [-0.15, -0.1) is 0 Å². The van der Waals surface area contributed by atoms with Crippen LogP contribution in [0.15, 0.2) is 36.5 Å². The van der Waals surface area contributed by atoms with Gasteiger partial charge in [0.1, 0.15) is 5.69 Å². The van der Waals surface area contributed by atoms with E-state index >= 15 is 0 Å². The molecule has 0 saturated heterocycles. The van der Waals surface area contributed by atoms with Gasteiger partial charge in [0.25, 0.3) is 11.8 Å². The maximum Gasteiger partial charge on any atom is 0.274 e. The van der Waals surface area contributed by atoms with E-state index in [0.29, 0.717) is 16.7 Å². The van der Waals surface area contributed by atoms with Crippen LogP contribution in [0.4, 0.5) is 10.1 Å². The van der Waals surface area contributed by atoms with Crippen molar-refractivity contribution >= 4 is 30.9 Å². The van der Waals surface area contributed by atoms with Gasteiger partial charge in [-0.25, -0.2) is 14.1 Å². The maximum absolute atomic E-state index is 14.3. The van der Waals surface area contributed by atoms with Gasteiger partial charge in [-0.05, 0) is 56.7 Å². The largest absolute Gasteiger partial charge is 0.350 e. The molecule has 2 aromatic heterocycles. The number of nitrogens with zero attached hydrogens (tertiary/aromatic N) is 4. The number of benzene rings is 1. The van der Waals surface area contributed by atoms with E-state index < -0.39 is 17.6 Å². The molecule has 2 amide bonds. The van der Waals surface area contributed by atoms with Crippen molar-refractivity contribution in [3.63, 3.8) is 0 Å². The Kier molecular flexibility index (Phi) is 6.16. The number of carbonyl (C=O) groups is 2. The van der Waals surface area contributed by atoms with Crippen molar-refractivity contribution in [2.24, 2.45) is 0 Å². The molecule has 2 N–H and O–H groups in total. The van der Waals surface area contributed by atoms with Crippen LogP contribution >= 0.6 is 0 Å². The topological polar surface area (TPSA) is 113 Å². The average Bonchev–Trinajstić information content (AvgIpc) is 3.10. The number of pyridine rings is 1. The van der Waals surface area contributed by atoms with Crippen LogP contribution in [0.25, 0.3) is 5.82 Å². The molecule has 0 aliphatic carbocycles. The number of hydrogen-bond acceptors (Lipinski definition) is 5. The molecule has 156 valence electrons. The highest BCUT2D eigenvalue weighted by Gasteiger charge is 2.22. The smallest absolute Gasteiger partial charge is 0.274 e. The van der Waals surface area contributed by atoms with Gasteiger partial charge < -0.3 is 10.6 Å². The zero-order valence-corrected chi connectivity index (χ0v) is 17.5. The third-order valence-electron chi connectivity index (χ3n) is 4.37. The Morgan fingerprint density at radius 2 is 2.00 bits per heavy atom. The van der Waals surface area contributed by atoms with Crippen molar-refractivity contribution < 1.29 is 14.0 Å². The highest BCUT2D eigenvalue weighted by molar-refractivity contribution is 6.31. The van der Waals surface area contributed by atoms with Gasteiger partial charge >= 0.3 is 0 Å². The summed E-state index contributed by atoms with van der Waals surface area (Å²) in [7, 11) is 1.67. The van der Waals surface area contributed by atoms with Gasteiger partial charge in [-0.1, -0.05) is 0 Å². The lowest BCUT2D eigenvalue weighted by atomic mass is 10.0. The molecule has 31 heavy (non-hydrogen) atoms. The third kappa shape index (κ3) is 4.61. The maximum atomic E-state index is 14.3. The van der Waals surface area contributed by atoms with Gasteiger partial charge in [-0.2, -0.15) is 10.4 Å². The zero-order chi connectivity index (χ0) is 22.7. The lowest BCUT2D eigenvalue weighted by molar-refractivity contribution is 0.0944. The monoisotopic (exact) mass is 418 g/mol. The first-order valence-electron chi connectivity index (χ1n) is 9.55. The quantitative estimate of drug-likeness (QED) is 0.606. The number of hydrogen-bond donors (Lipinski definition) is 2. The Hall–Kier alpha value is -4.00. The fourth-order valence-electron chi connectivity index (χ4n) is 3.07. The average molecular weight is 418 g/mol. The van der Waals surface area contributed by atoms with E-state index in [4.69, 9.17) is 0 Å².